The normalized spacial score (nSPS) is 24.2. The van der Waals surface area contributed by atoms with Crippen molar-refractivity contribution in [1.82, 2.24) is 5.32 Å². The molecule has 1 aliphatic heterocycles. The first-order valence-corrected chi connectivity index (χ1v) is 6.09. The fourth-order valence-corrected chi connectivity index (χ4v) is 2.16. The molecule has 0 aromatic heterocycles. The molecule has 3 unspecified atom stereocenters. The van der Waals surface area contributed by atoms with Gasteiger partial charge in [0.2, 0.25) is 5.91 Å². The van der Waals surface area contributed by atoms with Crippen LogP contribution in [0.1, 0.15) is 24.9 Å². The first-order valence-electron chi connectivity index (χ1n) is 6.09. The van der Waals surface area contributed by atoms with Crippen LogP contribution in [0.25, 0.3) is 0 Å². The fourth-order valence-electron chi connectivity index (χ4n) is 2.16. The van der Waals surface area contributed by atoms with E-state index in [4.69, 9.17) is 10.00 Å². The van der Waals surface area contributed by atoms with Crippen LogP contribution in [-0.2, 0) is 9.53 Å². The van der Waals surface area contributed by atoms with Crippen molar-refractivity contribution in [2.24, 2.45) is 5.92 Å². The van der Waals surface area contributed by atoms with Crippen molar-refractivity contribution in [1.29, 1.82) is 5.26 Å². The Morgan fingerprint density at radius 2 is 2.22 bits per heavy atom. The van der Waals surface area contributed by atoms with Crippen LogP contribution in [0.2, 0.25) is 0 Å². The third kappa shape index (κ3) is 2.69. The van der Waals surface area contributed by atoms with E-state index in [-0.39, 0.29) is 17.9 Å². The Hall–Kier alpha value is -1.86. The Balaban J connectivity index is 2.03. The molecule has 4 heteroatoms. The molecule has 0 saturated carbocycles. The molecular formula is C14H16N2O2. The van der Waals surface area contributed by atoms with Crippen molar-refractivity contribution in [2.45, 2.75) is 25.5 Å². The van der Waals surface area contributed by atoms with E-state index in [1.54, 1.807) is 0 Å². The van der Waals surface area contributed by atoms with Gasteiger partial charge < -0.3 is 10.1 Å². The van der Waals surface area contributed by atoms with Crippen molar-refractivity contribution >= 4 is 5.91 Å². The SMILES string of the molecule is CC1OCCC1C(=O)NC(C#N)c1ccccc1. The van der Waals surface area contributed by atoms with Gasteiger partial charge in [0, 0.05) is 6.61 Å². The van der Waals surface area contributed by atoms with Gasteiger partial charge in [-0.3, -0.25) is 4.79 Å². The molecule has 1 amide bonds. The highest BCUT2D eigenvalue weighted by atomic mass is 16.5. The molecule has 0 aliphatic carbocycles. The molecule has 1 saturated heterocycles. The minimum Gasteiger partial charge on any atom is -0.378 e. The summed E-state index contributed by atoms with van der Waals surface area (Å²) in [6, 6.07) is 10.8. The van der Waals surface area contributed by atoms with E-state index in [9.17, 15) is 4.79 Å². The van der Waals surface area contributed by atoms with E-state index in [2.05, 4.69) is 11.4 Å². The molecular weight excluding hydrogens is 228 g/mol. The number of nitrogens with one attached hydrogen (secondary N) is 1. The summed E-state index contributed by atoms with van der Waals surface area (Å²) in [4.78, 5) is 12.1. The van der Waals surface area contributed by atoms with Crippen molar-refractivity contribution in [3.05, 3.63) is 35.9 Å². The lowest BCUT2D eigenvalue weighted by Gasteiger charge is -2.17. The zero-order valence-electron chi connectivity index (χ0n) is 10.3. The second-order valence-corrected chi connectivity index (χ2v) is 4.45. The number of carbonyl (C=O) groups excluding carboxylic acids is 1. The van der Waals surface area contributed by atoms with Crippen LogP contribution in [0.4, 0.5) is 0 Å². The lowest BCUT2D eigenvalue weighted by molar-refractivity contribution is -0.126. The van der Waals surface area contributed by atoms with E-state index < -0.39 is 6.04 Å². The molecule has 0 radical (unpaired) electrons. The van der Waals surface area contributed by atoms with Gasteiger partial charge in [0.05, 0.1) is 18.1 Å². The van der Waals surface area contributed by atoms with Crippen LogP contribution >= 0.6 is 0 Å². The average Bonchev–Trinajstić information content (AvgIpc) is 2.83. The topological polar surface area (TPSA) is 62.1 Å². The van der Waals surface area contributed by atoms with Crippen molar-refractivity contribution in [2.75, 3.05) is 6.61 Å². The standard InChI is InChI=1S/C14H16N2O2/c1-10-12(7-8-18-10)14(17)16-13(9-15)11-5-3-2-4-6-11/h2-6,10,12-13H,7-8H2,1H3,(H,16,17). The summed E-state index contributed by atoms with van der Waals surface area (Å²) in [5.41, 5.74) is 0.805. The maximum absolute atomic E-state index is 12.1. The van der Waals surface area contributed by atoms with Crippen LogP contribution in [0.15, 0.2) is 30.3 Å². The van der Waals surface area contributed by atoms with Gasteiger partial charge in [0.25, 0.3) is 0 Å². The van der Waals surface area contributed by atoms with Gasteiger partial charge in [0.15, 0.2) is 0 Å². The number of amides is 1. The highest BCUT2D eigenvalue weighted by Gasteiger charge is 2.31. The lowest BCUT2D eigenvalue weighted by atomic mass is 10.0. The van der Waals surface area contributed by atoms with E-state index >= 15 is 0 Å². The molecule has 0 spiro atoms. The van der Waals surface area contributed by atoms with E-state index in [1.165, 1.54) is 0 Å². The van der Waals surface area contributed by atoms with Gasteiger partial charge in [-0.1, -0.05) is 30.3 Å². The Kier molecular flexibility index (Phi) is 3.96. The number of carbonyl (C=O) groups is 1. The predicted octanol–water partition coefficient (Wildman–Crippen LogP) is 1.79. The highest BCUT2D eigenvalue weighted by molar-refractivity contribution is 5.80. The van der Waals surface area contributed by atoms with Crippen LogP contribution < -0.4 is 5.32 Å². The van der Waals surface area contributed by atoms with E-state index in [0.717, 1.165) is 12.0 Å². The molecule has 4 nitrogen and oxygen atoms in total. The maximum Gasteiger partial charge on any atom is 0.227 e. The number of rotatable bonds is 3. The molecule has 0 bridgehead atoms. The second kappa shape index (κ2) is 5.65. The molecule has 2 rings (SSSR count). The molecule has 1 aliphatic rings. The van der Waals surface area contributed by atoms with Crippen molar-refractivity contribution in [3.8, 4) is 6.07 Å². The first-order chi connectivity index (χ1) is 8.72. The molecule has 1 aromatic rings. The smallest absolute Gasteiger partial charge is 0.227 e. The van der Waals surface area contributed by atoms with Crippen LogP contribution in [0, 0.1) is 17.2 Å². The fraction of sp³-hybridized carbons (Fsp3) is 0.429. The minimum absolute atomic E-state index is 0.0693. The van der Waals surface area contributed by atoms with Crippen LogP contribution in [0.5, 0.6) is 0 Å². The number of nitriles is 1. The number of hydrogen-bond acceptors (Lipinski definition) is 3. The van der Waals surface area contributed by atoms with Crippen LogP contribution in [0.3, 0.4) is 0 Å². The van der Waals surface area contributed by atoms with Gasteiger partial charge in [-0.2, -0.15) is 5.26 Å². The Morgan fingerprint density at radius 1 is 1.50 bits per heavy atom. The molecule has 3 atom stereocenters. The number of benzene rings is 1. The summed E-state index contributed by atoms with van der Waals surface area (Å²) >= 11 is 0. The molecule has 18 heavy (non-hydrogen) atoms. The van der Waals surface area contributed by atoms with Gasteiger partial charge in [-0.15, -0.1) is 0 Å². The van der Waals surface area contributed by atoms with Gasteiger partial charge >= 0.3 is 0 Å². The minimum atomic E-state index is -0.591. The van der Waals surface area contributed by atoms with Gasteiger partial charge in [-0.05, 0) is 18.9 Å². The number of ether oxygens (including phenoxy) is 1. The van der Waals surface area contributed by atoms with E-state index in [0.29, 0.717) is 6.61 Å². The van der Waals surface area contributed by atoms with E-state index in [1.807, 2.05) is 37.3 Å². The average molecular weight is 244 g/mol. The Labute approximate surface area is 107 Å². The summed E-state index contributed by atoms with van der Waals surface area (Å²) < 4.78 is 5.36. The molecule has 1 heterocycles. The monoisotopic (exact) mass is 244 g/mol. The summed E-state index contributed by atoms with van der Waals surface area (Å²) in [5, 5.41) is 11.9. The van der Waals surface area contributed by atoms with Gasteiger partial charge in [0.1, 0.15) is 6.04 Å². The van der Waals surface area contributed by atoms with Crippen molar-refractivity contribution in [3.63, 3.8) is 0 Å². The quantitative estimate of drug-likeness (QED) is 0.881. The summed E-state index contributed by atoms with van der Waals surface area (Å²) in [6.45, 7) is 2.50. The summed E-state index contributed by atoms with van der Waals surface area (Å²) in [5.74, 6) is -0.250. The van der Waals surface area contributed by atoms with Crippen LogP contribution in [-0.4, -0.2) is 18.6 Å². The summed E-state index contributed by atoms with van der Waals surface area (Å²) in [6.07, 6.45) is 0.653. The predicted molar refractivity (Wildman–Crippen MR) is 66.5 cm³/mol. The lowest BCUT2D eigenvalue weighted by Crippen LogP contribution is -2.36. The second-order valence-electron chi connectivity index (χ2n) is 4.45. The third-order valence-electron chi connectivity index (χ3n) is 3.26. The maximum atomic E-state index is 12.1. The third-order valence-corrected chi connectivity index (χ3v) is 3.26. The number of nitrogens with zero attached hydrogens (tertiary/aromatic N) is 1. The van der Waals surface area contributed by atoms with Crippen molar-refractivity contribution < 1.29 is 9.53 Å². The Bertz CT molecular complexity index is 453. The summed E-state index contributed by atoms with van der Waals surface area (Å²) in [7, 11) is 0. The molecule has 1 fully saturated rings. The molecule has 94 valence electrons. The van der Waals surface area contributed by atoms with Gasteiger partial charge in [-0.25, -0.2) is 0 Å². The Morgan fingerprint density at radius 3 is 2.78 bits per heavy atom. The zero-order valence-corrected chi connectivity index (χ0v) is 10.3. The first kappa shape index (κ1) is 12.6. The molecule has 1 aromatic carbocycles. The zero-order chi connectivity index (χ0) is 13.0. The highest BCUT2D eigenvalue weighted by Crippen LogP contribution is 2.22. The molecule has 1 N–H and O–H groups in total. The largest absolute Gasteiger partial charge is 0.378 e. The number of hydrogen-bond donors (Lipinski definition) is 1.